The predicted octanol–water partition coefficient (Wildman–Crippen LogP) is 4.67. The molecule has 1 saturated heterocycles. The molecule has 0 aromatic heterocycles. The zero-order chi connectivity index (χ0) is 19.5. The smallest absolute Gasteiger partial charge is 0.109 e. The first kappa shape index (κ1) is 18.2. The van der Waals surface area contributed by atoms with Crippen LogP contribution in [-0.4, -0.2) is 36.0 Å². The molecule has 0 saturated carbocycles. The molecule has 5 rings (SSSR count). The van der Waals surface area contributed by atoms with Crippen molar-refractivity contribution < 1.29 is 0 Å². The van der Waals surface area contributed by atoms with Crippen molar-refractivity contribution in [2.45, 2.75) is 12.2 Å². The van der Waals surface area contributed by atoms with Gasteiger partial charge in [0.05, 0.1) is 6.04 Å². The summed E-state index contributed by atoms with van der Waals surface area (Å²) in [5.41, 5.74) is 5.37. The van der Waals surface area contributed by atoms with E-state index in [2.05, 4.69) is 112 Å². The van der Waals surface area contributed by atoms with E-state index in [-0.39, 0.29) is 12.2 Å². The van der Waals surface area contributed by atoms with Gasteiger partial charge in [0, 0.05) is 32.4 Å². The molecule has 2 heterocycles. The summed E-state index contributed by atoms with van der Waals surface area (Å²) < 4.78 is 0. The Bertz CT molecular complexity index is 922. The number of rotatable bonds is 4. The SMILES string of the molecule is C1=CN(C(c2ccccc2)c2ccccc2)C(N2CCNCC2)c2ccccc21. The van der Waals surface area contributed by atoms with E-state index in [4.69, 9.17) is 0 Å². The first-order chi connectivity index (χ1) is 14.4. The van der Waals surface area contributed by atoms with Crippen molar-refractivity contribution >= 4 is 6.08 Å². The maximum Gasteiger partial charge on any atom is 0.109 e. The number of fused-ring (bicyclic) bond motifs is 1. The minimum absolute atomic E-state index is 0.168. The van der Waals surface area contributed by atoms with Crippen LogP contribution < -0.4 is 5.32 Å². The molecule has 2 aliphatic heterocycles. The van der Waals surface area contributed by atoms with Crippen molar-refractivity contribution in [3.63, 3.8) is 0 Å². The second-order valence-electron chi connectivity index (χ2n) is 7.78. The Kier molecular flexibility index (Phi) is 5.16. The summed E-state index contributed by atoms with van der Waals surface area (Å²) in [5, 5.41) is 3.51. The third kappa shape index (κ3) is 3.59. The van der Waals surface area contributed by atoms with Gasteiger partial charge in [-0.25, -0.2) is 0 Å². The van der Waals surface area contributed by atoms with E-state index in [0.717, 1.165) is 26.2 Å². The van der Waals surface area contributed by atoms with Gasteiger partial charge < -0.3 is 10.2 Å². The van der Waals surface area contributed by atoms with Crippen LogP contribution in [0.3, 0.4) is 0 Å². The van der Waals surface area contributed by atoms with Crippen LogP contribution in [0.5, 0.6) is 0 Å². The summed E-state index contributed by atoms with van der Waals surface area (Å²) in [4.78, 5) is 5.18. The number of nitrogens with one attached hydrogen (secondary N) is 1. The summed E-state index contributed by atoms with van der Waals surface area (Å²) >= 11 is 0. The molecule has 0 radical (unpaired) electrons. The Hall–Kier alpha value is -2.88. The third-order valence-electron chi connectivity index (χ3n) is 6.01. The second-order valence-corrected chi connectivity index (χ2v) is 7.78. The van der Waals surface area contributed by atoms with Crippen LogP contribution in [0.4, 0.5) is 0 Å². The molecule has 29 heavy (non-hydrogen) atoms. The van der Waals surface area contributed by atoms with E-state index in [1.165, 1.54) is 22.3 Å². The quantitative estimate of drug-likeness (QED) is 0.709. The Morgan fingerprint density at radius 1 is 0.724 bits per heavy atom. The fourth-order valence-corrected chi connectivity index (χ4v) is 4.65. The van der Waals surface area contributed by atoms with Crippen molar-refractivity contribution in [3.8, 4) is 0 Å². The number of piperazine rings is 1. The highest BCUT2D eigenvalue weighted by Crippen LogP contribution is 2.41. The molecule has 0 spiro atoms. The highest BCUT2D eigenvalue weighted by atomic mass is 15.4. The van der Waals surface area contributed by atoms with E-state index in [1.807, 2.05) is 0 Å². The van der Waals surface area contributed by atoms with Gasteiger partial charge in [0.25, 0.3) is 0 Å². The Morgan fingerprint density at radius 3 is 1.97 bits per heavy atom. The van der Waals surface area contributed by atoms with Gasteiger partial charge >= 0.3 is 0 Å². The molecule has 146 valence electrons. The van der Waals surface area contributed by atoms with Gasteiger partial charge in [-0.05, 0) is 28.3 Å². The maximum absolute atomic E-state index is 3.51. The minimum atomic E-state index is 0.168. The summed E-state index contributed by atoms with van der Waals surface area (Å²) in [5.74, 6) is 0. The average Bonchev–Trinajstić information content (AvgIpc) is 2.81. The lowest BCUT2D eigenvalue weighted by Crippen LogP contribution is -2.50. The molecule has 1 atom stereocenters. The van der Waals surface area contributed by atoms with E-state index >= 15 is 0 Å². The minimum Gasteiger partial charge on any atom is -0.347 e. The van der Waals surface area contributed by atoms with Crippen LogP contribution in [-0.2, 0) is 0 Å². The van der Waals surface area contributed by atoms with Gasteiger partial charge in [-0.1, -0.05) is 84.9 Å². The molecule has 0 amide bonds. The molecule has 3 heteroatoms. The van der Waals surface area contributed by atoms with Gasteiger partial charge in [-0.3, -0.25) is 4.90 Å². The number of benzene rings is 3. The lowest BCUT2D eigenvalue weighted by molar-refractivity contribution is 0.0453. The monoisotopic (exact) mass is 381 g/mol. The van der Waals surface area contributed by atoms with E-state index in [0.29, 0.717) is 0 Å². The molecule has 0 aliphatic carbocycles. The first-order valence-corrected chi connectivity index (χ1v) is 10.5. The lowest BCUT2D eigenvalue weighted by Gasteiger charge is -2.47. The van der Waals surface area contributed by atoms with E-state index in [1.54, 1.807) is 0 Å². The highest BCUT2D eigenvalue weighted by Gasteiger charge is 2.35. The molecule has 1 fully saturated rings. The second kappa shape index (κ2) is 8.24. The van der Waals surface area contributed by atoms with Crippen molar-refractivity contribution in [2.24, 2.45) is 0 Å². The van der Waals surface area contributed by atoms with E-state index < -0.39 is 0 Å². The molecule has 0 bridgehead atoms. The standard InChI is InChI=1S/C26H27N3/c1-3-10-22(11-4-1)25(23-12-5-2-6-13-23)29-18-15-21-9-7-8-14-24(21)26(29)28-19-16-27-17-20-28/h1-15,18,25-27H,16-17,19-20H2. The fourth-order valence-electron chi connectivity index (χ4n) is 4.65. The zero-order valence-electron chi connectivity index (χ0n) is 16.6. The summed E-state index contributed by atoms with van der Waals surface area (Å²) in [6.07, 6.45) is 4.80. The molecular weight excluding hydrogens is 354 g/mol. The average molecular weight is 382 g/mol. The zero-order valence-corrected chi connectivity index (χ0v) is 16.6. The Morgan fingerprint density at radius 2 is 1.31 bits per heavy atom. The van der Waals surface area contributed by atoms with Gasteiger partial charge in [-0.15, -0.1) is 0 Å². The molecule has 3 aromatic carbocycles. The number of nitrogens with zero attached hydrogens (tertiary/aromatic N) is 2. The Labute approximate surface area is 173 Å². The summed E-state index contributed by atoms with van der Waals surface area (Å²) in [7, 11) is 0. The summed E-state index contributed by atoms with van der Waals surface area (Å²) in [6.45, 7) is 4.19. The van der Waals surface area contributed by atoms with Crippen LogP contribution in [0, 0.1) is 0 Å². The number of hydrogen-bond donors (Lipinski definition) is 1. The normalized spacial score (nSPS) is 19.3. The van der Waals surface area contributed by atoms with Gasteiger partial charge in [-0.2, -0.15) is 0 Å². The largest absolute Gasteiger partial charge is 0.347 e. The molecule has 1 N–H and O–H groups in total. The van der Waals surface area contributed by atoms with Crippen molar-refractivity contribution in [1.82, 2.24) is 15.1 Å². The molecule has 2 aliphatic rings. The first-order valence-electron chi connectivity index (χ1n) is 10.5. The van der Waals surface area contributed by atoms with Crippen molar-refractivity contribution in [2.75, 3.05) is 26.2 Å². The third-order valence-corrected chi connectivity index (χ3v) is 6.01. The van der Waals surface area contributed by atoms with Gasteiger partial charge in [0.15, 0.2) is 0 Å². The molecular formula is C26H27N3. The summed E-state index contributed by atoms with van der Waals surface area (Å²) in [6, 6.07) is 30.8. The van der Waals surface area contributed by atoms with Crippen LogP contribution >= 0.6 is 0 Å². The lowest BCUT2D eigenvalue weighted by atomic mass is 9.92. The van der Waals surface area contributed by atoms with Gasteiger partial charge in [0.2, 0.25) is 0 Å². The van der Waals surface area contributed by atoms with Crippen molar-refractivity contribution in [1.29, 1.82) is 0 Å². The molecule has 1 unspecified atom stereocenters. The molecule has 3 aromatic rings. The Balaban J connectivity index is 1.64. The fraction of sp³-hybridized carbons (Fsp3) is 0.231. The highest BCUT2D eigenvalue weighted by molar-refractivity contribution is 5.57. The van der Waals surface area contributed by atoms with Crippen LogP contribution in [0.2, 0.25) is 0 Å². The predicted molar refractivity (Wildman–Crippen MR) is 119 cm³/mol. The van der Waals surface area contributed by atoms with Crippen LogP contribution in [0.25, 0.3) is 6.08 Å². The number of hydrogen-bond acceptors (Lipinski definition) is 3. The van der Waals surface area contributed by atoms with Crippen molar-refractivity contribution in [3.05, 3.63) is 113 Å². The maximum atomic E-state index is 3.51. The van der Waals surface area contributed by atoms with Crippen LogP contribution in [0.15, 0.2) is 91.1 Å². The molecule has 3 nitrogen and oxygen atoms in total. The van der Waals surface area contributed by atoms with E-state index in [9.17, 15) is 0 Å². The topological polar surface area (TPSA) is 18.5 Å². The van der Waals surface area contributed by atoms with Crippen LogP contribution in [0.1, 0.15) is 34.5 Å². The van der Waals surface area contributed by atoms with Gasteiger partial charge in [0.1, 0.15) is 6.17 Å².